The molecule has 6 nitrogen and oxygen atoms in total. The molecule has 1 aliphatic heterocycles. The van der Waals surface area contributed by atoms with Gasteiger partial charge in [-0.1, -0.05) is 23.9 Å². The van der Waals surface area contributed by atoms with E-state index in [0.717, 1.165) is 50.3 Å². The van der Waals surface area contributed by atoms with Gasteiger partial charge in [0.2, 0.25) is 0 Å². The van der Waals surface area contributed by atoms with Crippen LogP contribution in [0.4, 0.5) is 5.82 Å². The minimum absolute atomic E-state index is 0.0429. The molecule has 3 rings (SSSR count). The molecule has 24 heavy (non-hydrogen) atoms. The Labute approximate surface area is 146 Å². The zero-order valence-corrected chi connectivity index (χ0v) is 15.0. The summed E-state index contributed by atoms with van der Waals surface area (Å²) in [4.78, 5) is 22.1. The predicted molar refractivity (Wildman–Crippen MR) is 95.5 cm³/mol. The first kappa shape index (κ1) is 16.8. The van der Waals surface area contributed by atoms with Gasteiger partial charge in [-0.25, -0.2) is 4.98 Å². The molecule has 0 bridgehead atoms. The van der Waals surface area contributed by atoms with Gasteiger partial charge in [0.25, 0.3) is 5.91 Å². The van der Waals surface area contributed by atoms with Crippen molar-refractivity contribution in [2.45, 2.75) is 38.6 Å². The highest BCUT2D eigenvalue weighted by atomic mass is 32.1. The average molecular weight is 345 g/mol. The Bertz CT molecular complexity index is 675. The topological polar surface area (TPSA) is 62.2 Å². The third kappa shape index (κ3) is 3.56. The van der Waals surface area contributed by atoms with E-state index >= 15 is 0 Å². The first-order valence-electron chi connectivity index (χ1n) is 8.45. The molecule has 2 aromatic rings. The maximum atomic E-state index is 12.9. The number of amides is 1. The highest BCUT2D eigenvalue weighted by Crippen LogP contribution is 2.23. The number of pyridine rings is 1. The van der Waals surface area contributed by atoms with Gasteiger partial charge in [-0.3, -0.25) is 4.79 Å². The lowest BCUT2D eigenvalue weighted by atomic mass is 10.0. The minimum atomic E-state index is 0.0429. The third-order valence-corrected chi connectivity index (χ3v) is 5.23. The van der Waals surface area contributed by atoms with Crippen LogP contribution in [-0.2, 0) is 6.42 Å². The van der Waals surface area contributed by atoms with Crippen LogP contribution in [0, 0.1) is 0 Å². The van der Waals surface area contributed by atoms with E-state index in [1.54, 1.807) is 0 Å². The highest BCUT2D eigenvalue weighted by molar-refractivity contribution is 7.08. The van der Waals surface area contributed by atoms with Gasteiger partial charge < -0.3 is 9.80 Å². The van der Waals surface area contributed by atoms with Crippen LogP contribution < -0.4 is 4.90 Å². The summed E-state index contributed by atoms with van der Waals surface area (Å²) in [6, 6.07) is 6.13. The monoisotopic (exact) mass is 345 g/mol. The second-order valence-electron chi connectivity index (χ2n) is 6.14. The van der Waals surface area contributed by atoms with Crippen molar-refractivity contribution in [1.82, 2.24) is 19.5 Å². The molecule has 1 fully saturated rings. The molecular formula is C17H23N5OS. The Hall–Kier alpha value is -2.02. The number of aromatic nitrogens is 3. The molecule has 7 heteroatoms. The number of carbonyl (C=O) groups excluding carboxylic acids is 1. The fourth-order valence-electron chi connectivity index (χ4n) is 3.12. The van der Waals surface area contributed by atoms with Gasteiger partial charge >= 0.3 is 0 Å². The number of carbonyl (C=O) groups is 1. The summed E-state index contributed by atoms with van der Waals surface area (Å²) in [6.45, 7) is 3.89. The molecule has 0 aliphatic carbocycles. The van der Waals surface area contributed by atoms with E-state index in [-0.39, 0.29) is 11.9 Å². The van der Waals surface area contributed by atoms with E-state index in [9.17, 15) is 4.79 Å². The van der Waals surface area contributed by atoms with Crippen LogP contribution in [0.3, 0.4) is 0 Å². The molecule has 2 aromatic heterocycles. The summed E-state index contributed by atoms with van der Waals surface area (Å²) in [7, 11) is 1.89. The molecule has 0 N–H and O–H groups in total. The molecule has 1 unspecified atom stereocenters. The number of hydrogen-bond donors (Lipinski definition) is 0. The fraction of sp³-hybridized carbons (Fsp3) is 0.529. The third-order valence-electron chi connectivity index (χ3n) is 4.47. The Morgan fingerprint density at radius 2 is 2.33 bits per heavy atom. The summed E-state index contributed by atoms with van der Waals surface area (Å²) in [5.74, 6) is 1.02. The lowest BCUT2D eigenvalue weighted by molar-refractivity contribution is 0.0721. The molecule has 128 valence electrons. The Morgan fingerprint density at radius 1 is 1.46 bits per heavy atom. The van der Waals surface area contributed by atoms with Gasteiger partial charge in [0.15, 0.2) is 0 Å². The van der Waals surface area contributed by atoms with E-state index in [4.69, 9.17) is 0 Å². The van der Waals surface area contributed by atoms with Crippen LogP contribution in [0.15, 0.2) is 24.4 Å². The summed E-state index contributed by atoms with van der Waals surface area (Å²) in [6.07, 6.45) is 5.65. The summed E-state index contributed by atoms with van der Waals surface area (Å²) in [5, 5.41) is 4.12. The zero-order chi connectivity index (χ0) is 16.9. The molecule has 0 radical (unpaired) electrons. The quantitative estimate of drug-likeness (QED) is 0.833. The van der Waals surface area contributed by atoms with Crippen molar-refractivity contribution >= 4 is 23.3 Å². The largest absolute Gasteiger partial charge is 0.355 e. The predicted octanol–water partition coefficient (Wildman–Crippen LogP) is 2.63. The zero-order valence-electron chi connectivity index (χ0n) is 14.2. The van der Waals surface area contributed by atoms with Crippen LogP contribution in [0.1, 0.15) is 41.6 Å². The Morgan fingerprint density at radius 3 is 3.08 bits per heavy atom. The van der Waals surface area contributed by atoms with Crippen molar-refractivity contribution in [1.29, 1.82) is 0 Å². The molecular weight excluding hydrogens is 322 g/mol. The van der Waals surface area contributed by atoms with Crippen molar-refractivity contribution in [3.05, 3.63) is 35.0 Å². The molecule has 0 aromatic carbocycles. The summed E-state index contributed by atoms with van der Waals surface area (Å²) >= 11 is 1.21. The van der Waals surface area contributed by atoms with Gasteiger partial charge in [-0.15, -0.1) is 5.10 Å². The van der Waals surface area contributed by atoms with Crippen molar-refractivity contribution in [3.8, 4) is 0 Å². The standard InChI is InChI=1S/C17H23N5OS/c1-3-7-14-16(24-20-19-14)17(23)21(2)13-8-6-11-22(12-13)15-9-4-5-10-18-15/h4-5,9-10,13H,3,6-8,11-12H2,1-2H3. The second-order valence-corrected chi connectivity index (χ2v) is 6.90. The van der Waals surface area contributed by atoms with Crippen LogP contribution in [0.25, 0.3) is 0 Å². The lowest BCUT2D eigenvalue weighted by Crippen LogP contribution is -2.48. The number of hydrogen-bond acceptors (Lipinski definition) is 6. The number of aryl methyl sites for hydroxylation is 1. The van der Waals surface area contributed by atoms with Crippen molar-refractivity contribution < 1.29 is 4.79 Å². The maximum Gasteiger partial charge on any atom is 0.267 e. The number of anilines is 1. The molecule has 1 aliphatic rings. The van der Waals surface area contributed by atoms with E-state index in [1.807, 2.05) is 36.3 Å². The van der Waals surface area contributed by atoms with Crippen LogP contribution in [0.2, 0.25) is 0 Å². The molecule has 1 saturated heterocycles. The van der Waals surface area contributed by atoms with Gasteiger partial charge in [-0.05, 0) is 42.9 Å². The number of likely N-dealkylation sites (N-methyl/N-ethyl adjacent to an activating group) is 1. The average Bonchev–Trinajstić information content (AvgIpc) is 3.10. The SMILES string of the molecule is CCCc1nnsc1C(=O)N(C)C1CCCN(c2ccccn2)C1. The van der Waals surface area contributed by atoms with Gasteiger partial charge in [0.1, 0.15) is 10.7 Å². The Kier molecular flexibility index (Phi) is 5.40. The number of piperidine rings is 1. The van der Waals surface area contributed by atoms with Gasteiger partial charge in [0.05, 0.1) is 5.69 Å². The van der Waals surface area contributed by atoms with Crippen molar-refractivity contribution in [2.24, 2.45) is 0 Å². The van der Waals surface area contributed by atoms with Crippen LogP contribution in [-0.4, -0.2) is 51.6 Å². The molecule has 0 spiro atoms. The lowest BCUT2D eigenvalue weighted by Gasteiger charge is -2.38. The van der Waals surface area contributed by atoms with E-state index < -0.39 is 0 Å². The van der Waals surface area contributed by atoms with Gasteiger partial charge in [-0.2, -0.15) is 0 Å². The number of nitrogens with zero attached hydrogens (tertiary/aromatic N) is 5. The summed E-state index contributed by atoms with van der Waals surface area (Å²) < 4.78 is 3.98. The highest BCUT2D eigenvalue weighted by Gasteiger charge is 2.29. The maximum absolute atomic E-state index is 12.9. The normalized spacial score (nSPS) is 17.8. The van der Waals surface area contributed by atoms with E-state index in [1.165, 1.54) is 11.5 Å². The first-order valence-corrected chi connectivity index (χ1v) is 9.22. The van der Waals surface area contributed by atoms with Gasteiger partial charge in [0, 0.05) is 32.4 Å². The molecule has 0 saturated carbocycles. The summed E-state index contributed by atoms with van der Waals surface area (Å²) in [5.41, 5.74) is 0.830. The molecule has 3 heterocycles. The molecule has 1 atom stereocenters. The number of rotatable bonds is 5. The minimum Gasteiger partial charge on any atom is -0.355 e. The van der Waals surface area contributed by atoms with Crippen molar-refractivity contribution in [3.63, 3.8) is 0 Å². The van der Waals surface area contributed by atoms with E-state index in [0.29, 0.717) is 4.88 Å². The van der Waals surface area contributed by atoms with Crippen LogP contribution in [0.5, 0.6) is 0 Å². The van der Waals surface area contributed by atoms with Crippen molar-refractivity contribution in [2.75, 3.05) is 25.0 Å². The van der Waals surface area contributed by atoms with E-state index in [2.05, 4.69) is 26.4 Å². The van der Waals surface area contributed by atoms with Crippen LogP contribution >= 0.6 is 11.5 Å². The second kappa shape index (κ2) is 7.70. The smallest absolute Gasteiger partial charge is 0.267 e. The Balaban J connectivity index is 1.71. The fourth-order valence-corrected chi connectivity index (χ4v) is 3.81. The molecule has 1 amide bonds. The first-order chi connectivity index (χ1) is 11.7.